The third-order valence-electron chi connectivity index (χ3n) is 4.94. The Bertz CT molecular complexity index is 1030. The van der Waals surface area contributed by atoms with Crippen molar-refractivity contribution in [2.45, 2.75) is 26.2 Å². The molecule has 0 atom stereocenters. The first-order chi connectivity index (χ1) is 15.2. The second-order valence-corrected chi connectivity index (χ2v) is 7.22. The number of ether oxygens (including phenoxy) is 2. The molecule has 1 N–H and O–H groups in total. The number of nitrogens with one attached hydrogen (secondary N) is 1. The molecule has 7 nitrogen and oxygen atoms in total. The maximum Gasteiger partial charge on any atom is 0.265 e. The summed E-state index contributed by atoms with van der Waals surface area (Å²) in [5.74, 6) is 1.18. The molecule has 0 unspecified atom stereocenters. The molecule has 0 aliphatic carbocycles. The van der Waals surface area contributed by atoms with Gasteiger partial charge in [0.2, 0.25) is 5.91 Å². The monoisotopic (exact) mass is 420 g/mol. The molecule has 31 heavy (non-hydrogen) atoms. The molecule has 0 saturated carbocycles. The van der Waals surface area contributed by atoms with Crippen LogP contribution in [0.3, 0.4) is 0 Å². The molecule has 160 valence electrons. The van der Waals surface area contributed by atoms with E-state index in [1.54, 1.807) is 11.2 Å². The highest BCUT2D eigenvalue weighted by atomic mass is 16.5. The highest BCUT2D eigenvalue weighted by Gasteiger charge is 2.25. The second kappa shape index (κ2) is 9.95. The van der Waals surface area contributed by atoms with Crippen molar-refractivity contribution in [1.29, 1.82) is 0 Å². The molecule has 2 amide bonds. The Morgan fingerprint density at radius 3 is 2.77 bits per heavy atom. The average molecular weight is 420 g/mol. The van der Waals surface area contributed by atoms with E-state index < -0.39 is 0 Å². The summed E-state index contributed by atoms with van der Waals surface area (Å²) in [5.41, 5.74) is 2.71. The maximum atomic E-state index is 12.4. The zero-order chi connectivity index (χ0) is 21.5. The molecule has 0 saturated heterocycles. The quantitative estimate of drug-likeness (QED) is 0.574. The summed E-state index contributed by atoms with van der Waals surface area (Å²) in [5, 5.41) is 2.92. The number of anilines is 1. The average Bonchev–Trinajstić information content (AvgIpc) is 3.31. The van der Waals surface area contributed by atoms with Crippen molar-refractivity contribution >= 4 is 17.5 Å². The van der Waals surface area contributed by atoms with Gasteiger partial charge in [-0.3, -0.25) is 9.59 Å². The van der Waals surface area contributed by atoms with E-state index >= 15 is 0 Å². The molecule has 0 bridgehead atoms. The highest BCUT2D eigenvalue weighted by molar-refractivity contribution is 5.98. The van der Waals surface area contributed by atoms with Gasteiger partial charge in [-0.05, 0) is 35.4 Å². The van der Waals surface area contributed by atoms with Crippen molar-refractivity contribution in [1.82, 2.24) is 5.32 Å². The zero-order valence-electron chi connectivity index (χ0n) is 17.1. The minimum atomic E-state index is -0.145. The first kappa shape index (κ1) is 20.7. The largest absolute Gasteiger partial charge is 0.482 e. The van der Waals surface area contributed by atoms with Crippen LogP contribution in [0.15, 0.2) is 71.3 Å². The van der Waals surface area contributed by atoms with Gasteiger partial charge in [-0.15, -0.1) is 0 Å². The van der Waals surface area contributed by atoms with Gasteiger partial charge in [0.25, 0.3) is 5.91 Å². The Labute approximate surface area is 180 Å². The van der Waals surface area contributed by atoms with Crippen LogP contribution in [-0.2, 0) is 34.1 Å². The van der Waals surface area contributed by atoms with Crippen LogP contribution in [0.25, 0.3) is 0 Å². The van der Waals surface area contributed by atoms with Gasteiger partial charge in [0.15, 0.2) is 6.61 Å². The standard InChI is InChI=1S/C24H24N2O5/c27-23(10-11-26-21-8-1-2-9-22(21)31-17-24(26)28)25-14-18-5-3-6-19(13-18)15-29-16-20-7-4-12-30-20/h1-9,12-13H,10-11,14-17H2,(H,25,27). The van der Waals surface area contributed by atoms with Crippen molar-refractivity contribution in [3.05, 3.63) is 83.8 Å². The summed E-state index contributed by atoms with van der Waals surface area (Å²) < 4.78 is 16.3. The molecular weight excluding hydrogens is 396 g/mol. The number of hydrogen-bond donors (Lipinski definition) is 1. The second-order valence-electron chi connectivity index (χ2n) is 7.22. The minimum Gasteiger partial charge on any atom is -0.482 e. The van der Waals surface area contributed by atoms with E-state index in [-0.39, 0.29) is 24.8 Å². The number of hydrogen-bond acceptors (Lipinski definition) is 5. The molecule has 0 radical (unpaired) electrons. The van der Waals surface area contributed by atoms with E-state index in [0.29, 0.717) is 37.7 Å². The number of amides is 2. The molecule has 3 aromatic rings. The van der Waals surface area contributed by atoms with Crippen LogP contribution in [0.2, 0.25) is 0 Å². The fraction of sp³-hybridized carbons (Fsp3) is 0.250. The van der Waals surface area contributed by atoms with Gasteiger partial charge in [-0.1, -0.05) is 36.4 Å². The van der Waals surface area contributed by atoms with Gasteiger partial charge in [-0.25, -0.2) is 0 Å². The number of fused-ring (bicyclic) bond motifs is 1. The van der Waals surface area contributed by atoms with Crippen LogP contribution >= 0.6 is 0 Å². The Balaban J connectivity index is 1.24. The smallest absolute Gasteiger partial charge is 0.265 e. The van der Waals surface area contributed by atoms with Crippen molar-refractivity contribution in [3.8, 4) is 5.75 Å². The van der Waals surface area contributed by atoms with Crippen LogP contribution in [0.1, 0.15) is 23.3 Å². The predicted octanol–water partition coefficient (Wildman–Crippen LogP) is 3.43. The molecule has 1 aromatic heterocycles. The van der Waals surface area contributed by atoms with E-state index in [9.17, 15) is 9.59 Å². The van der Waals surface area contributed by atoms with E-state index in [2.05, 4.69) is 5.32 Å². The molecule has 2 aromatic carbocycles. The van der Waals surface area contributed by atoms with E-state index in [1.165, 1.54) is 0 Å². The Morgan fingerprint density at radius 1 is 1.03 bits per heavy atom. The van der Waals surface area contributed by atoms with Crippen molar-refractivity contribution in [3.63, 3.8) is 0 Å². The summed E-state index contributed by atoms with van der Waals surface area (Å²) in [6.45, 7) is 1.59. The van der Waals surface area contributed by atoms with Gasteiger partial charge < -0.3 is 24.1 Å². The lowest BCUT2D eigenvalue weighted by atomic mass is 10.1. The van der Waals surface area contributed by atoms with Gasteiger partial charge >= 0.3 is 0 Å². The Kier molecular flexibility index (Phi) is 6.64. The molecule has 1 aliphatic rings. The normalized spacial score (nSPS) is 12.9. The van der Waals surface area contributed by atoms with Crippen molar-refractivity contribution in [2.24, 2.45) is 0 Å². The van der Waals surface area contributed by atoms with Crippen LogP contribution in [0, 0.1) is 0 Å². The number of rotatable bonds is 9. The molecular formula is C24H24N2O5. The summed E-state index contributed by atoms with van der Waals surface area (Å²) in [4.78, 5) is 26.2. The van der Waals surface area contributed by atoms with Crippen LogP contribution in [0.5, 0.6) is 5.75 Å². The van der Waals surface area contributed by atoms with E-state index in [0.717, 1.165) is 16.9 Å². The first-order valence-corrected chi connectivity index (χ1v) is 10.2. The maximum absolute atomic E-state index is 12.4. The number of para-hydroxylation sites is 2. The lowest BCUT2D eigenvalue weighted by Crippen LogP contribution is -2.41. The number of nitrogens with zero attached hydrogens (tertiary/aromatic N) is 1. The van der Waals surface area contributed by atoms with E-state index in [1.807, 2.05) is 60.7 Å². The van der Waals surface area contributed by atoms with Gasteiger partial charge in [-0.2, -0.15) is 0 Å². The summed E-state index contributed by atoms with van der Waals surface area (Å²) in [6, 6.07) is 18.9. The number of carbonyl (C=O) groups excluding carboxylic acids is 2. The molecule has 0 fully saturated rings. The molecule has 7 heteroatoms. The van der Waals surface area contributed by atoms with Gasteiger partial charge in [0, 0.05) is 19.5 Å². The number of benzene rings is 2. The number of furan rings is 1. The fourth-order valence-electron chi connectivity index (χ4n) is 3.40. The molecule has 1 aliphatic heterocycles. The minimum absolute atomic E-state index is 0.00653. The fourth-order valence-corrected chi connectivity index (χ4v) is 3.40. The molecule has 4 rings (SSSR count). The topological polar surface area (TPSA) is 81.0 Å². The third-order valence-corrected chi connectivity index (χ3v) is 4.94. The Morgan fingerprint density at radius 2 is 1.90 bits per heavy atom. The summed E-state index contributed by atoms with van der Waals surface area (Å²) in [7, 11) is 0. The van der Waals surface area contributed by atoms with Gasteiger partial charge in [0.05, 0.1) is 18.6 Å². The van der Waals surface area contributed by atoms with Crippen molar-refractivity contribution in [2.75, 3.05) is 18.1 Å². The SMILES string of the molecule is O=C(CCN1C(=O)COc2ccccc21)NCc1cccc(COCc2ccco2)c1. The van der Waals surface area contributed by atoms with Crippen molar-refractivity contribution < 1.29 is 23.5 Å². The summed E-state index contributed by atoms with van der Waals surface area (Å²) in [6.07, 6.45) is 1.84. The lowest BCUT2D eigenvalue weighted by molar-refractivity contribution is -0.122. The molecule has 0 spiro atoms. The van der Waals surface area contributed by atoms with Crippen LogP contribution in [0.4, 0.5) is 5.69 Å². The van der Waals surface area contributed by atoms with Crippen LogP contribution < -0.4 is 15.0 Å². The lowest BCUT2D eigenvalue weighted by Gasteiger charge is -2.29. The number of carbonyl (C=O) groups is 2. The van der Waals surface area contributed by atoms with E-state index in [4.69, 9.17) is 13.9 Å². The Hall–Kier alpha value is -3.58. The first-order valence-electron chi connectivity index (χ1n) is 10.2. The molecule has 2 heterocycles. The third kappa shape index (κ3) is 5.52. The summed E-state index contributed by atoms with van der Waals surface area (Å²) >= 11 is 0. The highest BCUT2D eigenvalue weighted by Crippen LogP contribution is 2.31. The van der Waals surface area contributed by atoms with Gasteiger partial charge in [0.1, 0.15) is 18.1 Å². The zero-order valence-corrected chi connectivity index (χ0v) is 17.1. The predicted molar refractivity (Wildman–Crippen MR) is 114 cm³/mol. The van der Waals surface area contributed by atoms with Crippen LogP contribution in [-0.4, -0.2) is 25.0 Å².